The Bertz CT molecular complexity index is 514. The van der Waals surface area contributed by atoms with Gasteiger partial charge in [0.05, 0.1) is 5.60 Å². The number of aliphatic hydroxyl groups is 1. The molecule has 0 aromatic carbocycles. The third kappa shape index (κ3) is 2.42. The first-order chi connectivity index (χ1) is 11.4. The van der Waals surface area contributed by atoms with Crippen LogP contribution in [0, 0.1) is 40.9 Å². The van der Waals surface area contributed by atoms with Crippen molar-refractivity contribution in [3.8, 4) is 0 Å². The first-order valence-electron chi connectivity index (χ1n) is 10.6. The van der Waals surface area contributed by atoms with Crippen molar-refractivity contribution >= 4 is 5.78 Å². The van der Waals surface area contributed by atoms with Crippen LogP contribution in [0.4, 0.5) is 0 Å². The van der Waals surface area contributed by atoms with Crippen LogP contribution in [0.2, 0.25) is 0 Å². The Kier molecular flexibility index (Phi) is 4.14. The normalized spacial score (nSPS) is 53.8. The molecule has 0 aromatic rings. The second-order valence-electron chi connectivity index (χ2n) is 10.0. The van der Waals surface area contributed by atoms with Gasteiger partial charge in [-0.3, -0.25) is 4.79 Å². The average Bonchev–Trinajstić information content (AvgIpc) is 2.91. The third-order valence-corrected chi connectivity index (χ3v) is 9.25. The highest BCUT2D eigenvalue weighted by Crippen LogP contribution is 2.64. The fourth-order valence-corrected chi connectivity index (χ4v) is 7.95. The van der Waals surface area contributed by atoms with Gasteiger partial charge in [-0.25, -0.2) is 0 Å². The Morgan fingerprint density at radius 3 is 2.46 bits per heavy atom. The van der Waals surface area contributed by atoms with E-state index in [9.17, 15) is 9.90 Å². The maximum atomic E-state index is 12.2. The van der Waals surface area contributed by atoms with Crippen molar-refractivity contribution in [2.24, 2.45) is 40.9 Å². The fraction of sp³-hybridized carbons (Fsp3) is 0.955. The molecule has 0 unspecified atom stereocenters. The lowest BCUT2D eigenvalue weighted by Gasteiger charge is -2.57. The fourth-order valence-electron chi connectivity index (χ4n) is 7.95. The number of carbonyl (C=O) groups is 1. The molecular weight excluding hydrogens is 296 g/mol. The molecule has 0 spiro atoms. The monoisotopic (exact) mass is 332 g/mol. The standard InChI is InChI=1S/C22H36O2/c1-4-22(24)12-10-16-15(13-22)5-6-18-17(16)9-11-21(3)19(14(2)23)7-8-20(18)21/h15-20,24H,4-13H2,1-3H3/t15-,16+,17-,18-,19-,20+,21-,22+/m1/s1. The molecular formula is C22H36O2. The van der Waals surface area contributed by atoms with Crippen LogP contribution in [-0.2, 0) is 4.79 Å². The highest BCUT2D eigenvalue weighted by atomic mass is 16.3. The smallest absolute Gasteiger partial charge is 0.133 e. The molecule has 136 valence electrons. The molecule has 0 saturated heterocycles. The molecule has 4 fully saturated rings. The summed E-state index contributed by atoms with van der Waals surface area (Å²) in [5.41, 5.74) is -0.0804. The van der Waals surface area contributed by atoms with Gasteiger partial charge in [-0.1, -0.05) is 13.8 Å². The molecule has 0 aliphatic heterocycles. The molecule has 2 heteroatoms. The molecule has 1 N–H and O–H groups in total. The Labute approximate surface area is 147 Å². The second-order valence-corrected chi connectivity index (χ2v) is 10.0. The van der Waals surface area contributed by atoms with Gasteiger partial charge in [0, 0.05) is 5.92 Å². The summed E-state index contributed by atoms with van der Waals surface area (Å²) in [6.07, 6.45) is 12.0. The molecule has 0 amide bonds. The summed E-state index contributed by atoms with van der Waals surface area (Å²) < 4.78 is 0. The molecule has 8 atom stereocenters. The van der Waals surface area contributed by atoms with Crippen LogP contribution in [0.25, 0.3) is 0 Å². The lowest BCUT2D eigenvalue weighted by molar-refractivity contribution is -0.131. The van der Waals surface area contributed by atoms with Gasteiger partial charge in [0.15, 0.2) is 0 Å². The zero-order valence-electron chi connectivity index (χ0n) is 15.9. The van der Waals surface area contributed by atoms with Crippen molar-refractivity contribution in [1.82, 2.24) is 0 Å². The second kappa shape index (κ2) is 5.83. The first-order valence-corrected chi connectivity index (χ1v) is 10.6. The summed E-state index contributed by atoms with van der Waals surface area (Å²) in [5, 5.41) is 10.8. The van der Waals surface area contributed by atoms with Crippen LogP contribution in [0.15, 0.2) is 0 Å². The van der Waals surface area contributed by atoms with Crippen LogP contribution in [0.1, 0.15) is 85.0 Å². The van der Waals surface area contributed by atoms with E-state index in [0.717, 1.165) is 55.3 Å². The minimum absolute atomic E-state index is 0.290. The van der Waals surface area contributed by atoms with E-state index in [1.54, 1.807) is 0 Å². The van der Waals surface area contributed by atoms with E-state index in [1.807, 2.05) is 6.92 Å². The summed E-state index contributed by atoms with van der Waals surface area (Å²) in [5.74, 6) is 4.93. The zero-order chi connectivity index (χ0) is 17.1. The highest BCUT2D eigenvalue weighted by Gasteiger charge is 2.58. The van der Waals surface area contributed by atoms with Crippen LogP contribution < -0.4 is 0 Å². The summed E-state index contributed by atoms with van der Waals surface area (Å²) in [6, 6.07) is 0. The summed E-state index contributed by atoms with van der Waals surface area (Å²) in [4.78, 5) is 12.2. The van der Waals surface area contributed by atoms with E-state index in [-0.39, 0.29) is 5.60 Å². The number of carbonyl (C=O) groups excluding carboxylic acids is 1. The van der Waals surface area contributed by atoms with E-state index < -0.39 is 0 Å². The van der Waals surface area contributed by atoms with E-state index in [1.165, 1.54) is 38.5 Å². The summed E-state index contributed by atoms with van der Waals surface area (Å²) in [7, 11) is 0. The Morgan fingerprint density at radius 1 is 1.00 bits per heavy atom. The SMILES string of the molecule is CC[C@]1(O)CC[C@H]2[C@H](CC[C@@H]3[C@@H]2CC[C@]2(C)[C@@H](C(C)=O)CC[C@@H]32)C1. The number of hydrogen-bond acceptors (Lipinski definition) is 2. The molecule has 24 heavy (non-hydrogen) atoms. The molecule has 4 saturated carbocycles. The van der Waals surface area contributed by atoms with Gasteiger partial charge in [0.25, 0.3) is 0 Å². The molecule has 0 radical (unpaired) electrons. The molecule has 0 aromatic heterocycles. The number of hydrogen-bond donors (Lipinski definition) is 1. The molecule has 4 aliphatic rings. The minimum Gasteiger partial charge on any atom is -0.390 e. The van der Waals surface area contributed by atoms with Crippen molar-refractivity contribution in [2.75, 3.05) is 0 Å². The Balaban J connectivity index is 1.54. The molecule has 4 aliphatic carbocycles. The van der Waals surface area contributed by atoms with Crippen molar-refractivity contribution in [3.63, 3.8) is 0 Å². The zero-order valence-corrected chi connectivity index (χ0v) is 15.9. The van der Waals surface area contributed by atoms with Crippen LogP contribution >= 0.6 is 0 Å². The third-order valence-electron chi connectivity index (χ3n) is 9.25. The number of Topliss-reactive ketones (excluding diaryl/α,β-unsaturated/α-hetero) is 1. The van der Waals surface area contributed by atoms with E-state index in [0.29, 0.717) is 17.1 Å². The van der Waals surface area contributed by atoms with Gasteiger partial charge in [-0.05, 0) is 106 Å². The van der Waals surface area contributed by atoms with Crippen LogP contribution in [-0.4, -0.2) is 16.5 Å². The van der Waals surface area contributed by atoms with Gasteiger partial charge in [0.1, 0.15) is 5.78 Å². The van der Waals surface area contributed by atoms with Crippen molar-refractivity contribution in [1.29, 1.82) is 0 Å². The molecule has 0 heterocycles. The number of ketones is 1. The lowest BCUT2D eigenvalue weighted by Crippen LogP contribution is -2.51. The molecule has 0 bridgehead atoms. The van der Waals surface area contributed by atoms with Crippen molar-refractivity contribution in [3.05, 3.63) is 0 Å². The predicted octanol–water partition coefficient (Wildman–Crippen LogP) is 4.99. The molecule has 4 rings (SSSR count). The predicted molar refractivity (Wildman–Crippen MR) is 96.5 cm³/mol. The summed E-state index contributed by atoms with van der Waals surface area (Å²) in [6.45, 7) is 6.42. The first kappa shape index (κ1) is 17.1. The molecule has 2 nitrogen and oxygen atoms in total. The van der Waals surface area contributed by atoms with Gasteiger partial charge < -0.3 is 5.11 Å². The number of rotatable bonds is 2. The lowest BCUT2D eigenvalue weighted by atomic mass is 9.48. The van der Waals surface area contributed by atoms with E-state index in [4.69, 9.17) is 0 Å². The van der Waals surface area contributed by atoms with Crippen molar-refractivity contribution in [2.45, 2.75) is 90.6 Å². The maximum Gasteiger partial charge on any atom is 0.133 e. The average molecular weight is 333 g/mol. The number of fused-ring (bicyclic) bond motifs is 5. The van der Waals surface area contributed by atoms with Crippen LogP contribution in [0.3, 0.4) is 0 Å². The maximum absolute atomic E-state index is 12.2. The van der Waals surface area contributed by atoms with Gasteiger partial charge in [-0.15, -0.1) is 0 Å². The minimum atomic E-state index is -0.371. The van der Waals surface area contributed by atoms with Crippen molar-refractivity contribution < 1.29 is 9.90 Å². The quantitative estimate of drug-likeness (QED) is 0.774. The van der Waals surface area contributed by atoms with Crippen LogP contribution in [0.5, 0.6) is 0 Å². The largest absolute Gasteiger partial charge is 0.390 e. The van der Waals surface area contributed by atoms with Gasteiger partial charge >= 0.3 is 0 Å². The topological polar surface area (TPSA) is 37.3 Å². The van der Waals surface area contributed by atoms with E-state index in [2.05, 4.69) is 13.8 Å². The van der Waals surface area contributed by atoms with E-state index >= 15 is 0 Å². The van der Waals surface area contributed by atoms with Gasteiger partial charge in [0.2, 0.25) is 0 Å². The van der Waals surface area contributed by atoms with Gasteiger partial charge in [-0.2, -0.15) is 0 Å². The Hall–Kier alpha value is -0.370. The Morgan fingerprint density at radius 2 is 1.75 bits per heavy atom. The highest BCUT2D eigenvalue weighted by molar-refractivity contribution is 5.79. The summed E-state index contributed by atoms with van der Waals surface area (Å²) >= 11 is 0.